The van der Waals surface area contributed by atoms with Gasteiger partial charge in [0.1, 0.15) is 5.75 Å². The Morgan fingerprint density at radius 1 is 1.00 bits per heavy atom. The average molecular weight is 402 g/mol. The van der Waals surface area contributed by atoms with Crippen molar-refractivity contribution < 1.29 is 14.3 Å². The van der Waals surface area contributed by atoms with Gasteiger partial charge in [-0.15, -0.1) is 0 Å². The molecule has 1 aromatic heterocycles. The van der Waals surface area contributed by atoms with E-state index in [4.69, 9.17) is 4.74 Å². The summed E-state index contributed by atoms with van der Waals surface area (Å²) in [4.78, 5) is 30.7. The predicted molar refractivity (Wildman–Crippen MR) is 117 cm³/mol. The van der Waals surface area contributed by atoms with Crippen LogP contribution in [0.15, 0.2) is 60.7 Å². The van der Waals surface area contributed by atoms with E-state index >= 15 is 0 Å². The Kier molecular flexibility index (Phi) is 5.70. The summed E-state index contributed by atoms with van der Waals surface area (Å²) in [5, 5.41) is 0. The van der Waals surface area contributed by atoms with E-state index in [0.717, 1.165) is 35.5 Å². The van der Waals surface area contributed by atoms with Crippen molar-refractivity contribution in [1.82, 2.24) is 9.88 Å². The molecular weight excluding hydrogens is 376 g/mol. The second-order valence-corrected chi connectivity index (χ2v) is 7.76. The molecule has 0 spiro atoms. The van der Waals surface area contributed by atoms with Crippen LogP contribution in [-0.4, -0.2) is 41.8 Å². The van der Waals surface area contributed by atoms with Crippen LogP contribution in [0, 0.1) is 6.92 Å². The molecule has 3 aromatic rings. The molecule has 1 N–H and O–H groups in total. The van der Waals surface area contributed by atoms with E-state index in [2.05, 4.69) is 17.1 Å². The molecule has 0 aliphatic carbocycles. The van der Waals surface area contributed by atoms with Crippen LogP contribution >= 0.6 is 0 Å². The molecule has 0 radical (unpaired) electrons. The minimum absolute atomic E-state index is 0.373. The van der Waals surface area contributed by atoms with Crippen molar-refractivity contribution in [2.75, 3.05) is 20.2 Å². The zero-order valence-electron chi connectivity index (χ0n) is 17.4. The number of H-pyrrole nitrogens is 1. The SMILES string of the molecule is COc1cccc(C2CCN(C(=O)C(=O)c3cc(-c4ccccc4)[nH]c3C)CC2)c1. The highest BCUT2D eigenvalue weighted by molar-refractivity contribution is 6.43. The standard InChI is InChI=1S/C25H26N2O3/c1-17-22(16-23(26-17)19-7-4-3-5-8-19)24(28)25(29)27-13-11-18(12-14-27)20-9-6-10-21(15-20)30-2/h3-10,15-16,18,26H,11-14H2,1-2H3. The van der Waals surface area contributed by atoms with Crippen LogP contribution in [-0.2, 0) is 4.79 Å². The number of aromatic nitrogens is 1. The number of ketones is 1. The van der Waals surface area contributed by atoms with Gasteiger partial charge in [-0.05, 0) is 55.0 Å². The van der Waals surface area contributed by atoms with E-state index in [1.54, 1.807) is 18.1 Å². The van der Waals surface area contributed by atoms with E-state index in [-0.39, 0.29) is 0 Å². The van der Waals surface area contributed by atoms with Gasteiger partial charge in [-0.25, -0.2) is 0 Å². The zero-order valence-corrected chi connectivity index (χ0v) is 17.4. The highest BCUT2D eigenvalue weighted by Crippen LogP contribution is 2.30. The van der Waals surface area contributed by atoms with Gasteiger partial charge in [-0.3, -0.25) is 9.59 Å². The lowest BCUT2D eigenvalue weighted by Crippen LogP contribution is -2.41. The van der Waals surface area contributed by atoms with Crippen molar-refractivity contribution >= 4 is 11.7 Å². The number of nitrogens with zero attached hydrogens (tertiary/aromatic N) is 1. The monoisotopic (exact) mass is 402 g/mol. The first-order chi connectivity index (χ1) is 14.6. The Balaban J connectivity index is 1.43. The smallest absolute Gasteiger partial charge is 0.295 e. The quantitative estimate of drug-likeness (QED) is 0.502. The molecule has 1 aliphatic heterocycles. The van der Waals surface area contributed by atoms with Crippen LogP contribution in [0.5, 0.6) is 5.75 Å². The van der Waals surface area contributed by atoms with Gasteiger partial charge in [0.05, 0.1) is 7.11 Å². The van der Waals surface area contributed by atoms with Crippen molar-refractivity contribution in [3.8, 4) is 17.0 Å². The Bertz CT molecular complexity index is 1050. The van der Waals surface area contributed by atoms with Gasteiger partial charge in [-0.2, -0.15) is 0 Å². The molecule has 1 fully saturated rings. The van der Waals surface area contributed by atoms with Crippen molar-refractivity contribution in [1.29, 1.82) is 0 Å². The third-order valence-electron chi connectivity index (χ3n) is 5.89. The van der Waals surface area contributed by atoms with Crippen LogP contribution in [0.1, 0.15) is 40.4 Å². The number of carbonyl (C=O) groups is 2. The number of piperidine rings is 1. The summed E-state index contributed by atoms with van der Waals surface area (Å²) in [7, 11) is 1.66. The fraction of sp³-hybridized carbons (Fsp3) is 0.280. The van der Waals surface area contributed by atoms with Crippen molar-refractivity contribution in [3.05, 3.63) is 77.5 Å². The number of aromatic amines is 1. The molecule has 30 heavy (non-hydrogen) atoms. The number of Topliss-reactive ketones (excluding diaryl/α,β-unsaturated/α-hetero) is 1. The molecule has 0 unspecified atom stereocenters. The van der Waals surface area contributed by atoms with Gasteiger partial charge in [0.25, 0.3) is 11.7 Å². The third kappa shape index (κ3) is 4.01. The van der Waals surface area contributed by atoms with E-state index in [1.165, 1.54) is 5.56 Å². The summed E-state index contributed by atoms with van der Waals surface area (Å²) in [5.74, 6) is 0.364. The van der Waals surface area contributed by atoms with Crippen molar-refractivity contribution in [2.24, 2.45) is 0 Å². The lowest BCUT2D eigenvalue weighted by atomic mass is 9.89. The molecular formula is C25H26N2O3. The lowest BCUT2D eigenvalue weighted by Gasteiger charge is -2.32. The molecule has 0 saturated carbocycles. The van der Waals surface area contributed by atoms with Crippen molar-refractivity contribution in [2.45, 2.75) is 25.7 Å². The van der Waals surface area contributed by atoms with Crippen LogP contribution in [0.3, 0.4) is 0 Å². The van der Waals surface area contributed by atoms with Crippen molar-refractivity contribution in [3.63, 3.8) is 0 Å². The lowest BCUT2D eigenvalue weighted by molar-refractivity contribution is -0.127. The van der Waals surface area contributed by atoms with Crippen LogP contribution < -0.4 is 4.74 Å². The molecule has 1 saturated heterocycles. The molecule has 0 bridgehead atoms. The number of ether oxygens (including phenoxy) is 1. The number of benzene rings is 2. The number of methoxy groups -OCH3 is 1. The maximum absolute atomic E-state index is 12.9. The Morgan fingerprint density at radius 3 is 2.43 bits per heavy atom. The maximum atomic E-state index is 12.9. The number of rotatable bonds is 5. The first-order valence-corrected chi connectivity index (χ1v) is 10.3. The largest absolute Gasteiger partial charge is 0.497 e. The summed E-state index contributed by atoms with van der Waals surface area (Å²) in [6.07, 6.45) is 1.68. The number of nitrogens with one attached hydrogen (secondary N) is 1. The molecule has 154 valence electrons. The van der Waals surface area contributed by atoms with E-state index < -0.39 is 11.7 Å². The second kappa shape index (κ2) is 8.57. The molecule has 4 rings (SSSR count). The van der Waals surface area contributed by atoms with Gasteiger partial charge < -0.3 is 14.6 Å². The van der Waals surface area contributed by atoms with Crippen LogP contribution in [0.25, 0.3) is 11.3 Å². The minimum atomic E-state index is -0.439. The van der Waals surface area contributed by atoms with Gasteiger partial charge in [0, 0.05) is 30.0 Å². The van der Waals surface area contributed by atoms with Crippen LogP contribution in [0.4, 0.5) is 0 Å². The number of hydrogen-bond acceptors (Lipinski definition) is 3. The first-order valence-electron chi connectivity index (χ1n) is 10.3. The fourth-order valence-electron chi connectivity index (χ4n) is 4.14. The molecule has 2 heterocycles. The third-order valence-corrected chi connectivity index (χ3v) is 5.89. The normalized spacial score (nSPS) is 14.5. The summed E-state index contributed by atoms with van der Waals surface area (Å²) >= 11 is 0. The van der Waals surface area contributed by atoms with E-state index in [9.17, 15) is 9.59 Å². The van der Waals surface area contributed by atoms with Gasteiger partial charge >= 0.3 is 0 Å². The highest BCUT2D eigenvalue weighted by Gasteiger charge is 2.30. The van der Waals surface area contributed by atoms with Gasteiger partial charge in [-0.1, -0.05) is 42.5 Å². The molecule has 5 nitrogen and oxygen atoms in total. The summed E-state index contributed by atoms with van der Waals surface area (Å²) in [6, 6.07) is 19.7. The molecule has 5 heteroatoms. The Labute approximate surface area is 176 Å². The highest BCUT2D eigenvalue weighted by atomic mass is 16.5. The average Bonchev–Trinajstić information content (AvgIpc) is 3.20. The number of amides is 1. The van der Waals surface area contributed by atoms with E-state index in [1.807, 2.05) is 49.4 Å². The second-order valence-electron chi connectivity index (χ2n) is 7.76. The van der Waals surface area contributed by atoms with Crippen LogP contribution in [0.2, 0.25) is 0 Å². The molecule has 1 aliphatic rings. The summed E-state index contributed by atoms with van der Waals surface area (Å²) < 4.78 is 5.32. The molecule has 2 aromatic carbocycles. The maximum Gasteiger partial charge on any atom is 0.295 e. The fourth-order valence-corrected chi connectivity index (χ4v) is 4.14. The number of aryl methyl sites for hydroxylation is 1. The molecule has 0 atom stereocenters. The zero-order chi connectivity index (χ0) is 21.1. The predicted octanol–water partition coefficient (Wildman–Crippen LogP) is 4.59. The van der Waals surface area contributed by atoms with E-state index in [0.29, 0.717) is 24.6 Å². The number of hydrogen-bond donors (Lipinski definition) is 1. The minimum Gasteiger partial charge on any atom is -0.497 e. The van der Waals surface area contributed by atoms with Gasteiger partial charge in [0.15, 0.2) is 0 Å². The Hall–Kier alpha value is -3.34. The summed E-state index contributed by atoms with van der Waals surface area (Å²) in [5.41, 5.74) is 4.24. The number of carbonyl (C=O) groups excluding carboxylic acids is 2. The molecule has 1 amide bonds. The topological polar surface area (TPSA) is 62.4 Å². The first kappa shape index (κ1) is 20.0. The Morgan fingerprint density at radius 2 is 1.73 bits per heavy atom. The number of likely N-dealkylation sites (tertiary alicyclic amines) is 1. The van der Waals surface area contributed by atoms with Gasteiger partial charge in [0.2, 0.25) is 0 Å². The summed E-state index contributed by atoms with van der Waals surface area (Å²) in [6.45, 7) is 3.00.